The first-order valence-corrected chi connectivity index (χ1v) is 7.47. The van der Waals surface area contributed by atoms with E-state index in [1.807, 2.05) is 68.4 Å². The molecule has 0 atom stereocenters. The quantitative estimate of drug-likeness (QED) is 0.725. The highest BCUT2D eigenvalue weighted by Crippen LogP contribution is 2.16. The van der Waals surface area contributed by atoms with Gasteiger partial charge in [-0.05, 0) is 43.3 Å². The van der Waals surface area contributed by atoms with Gasteiger partial charge in [0.05, 0.1) is 0 Å². The number of carbonyl (C=O) groups excluding carboxylic acids is 1. The summed E-state index contributed by atoms with van der Waals surface area (Å²) < 4.78 is 0. The number of carbonyl (C=O) groups is 1. The van der Waals surface area contributed by atoms with Gasteiger partial charge in [0.25, 0.3) is 5.91 Å². The minimum atomic E-state index is -0.134. The van der Waals surface area contributed by atoms with Gasteiger partial charge in [-0.1, -0.05) is 35.2 Å². The Bertz CT molecular complexity index is 798. The van der Waals surface area contributed by atoms with Crippen LogP contribution in [0.4, 0.5) is 5.69 Å². The fourth-order valence-corrected chi connectivity index (χ4v) is 2.45. The maximum atomic E-state index is 12.6. The third kappa shape index (κ3) is 3.15. The van der Waals surface area contributed by atoms with Crippen LogP contribution in [0.25, 0.3) is 11.0 Å². The highest BCUT2D eigenvalue weighted by Gasteiger charge is 2.20. The summed E-state index contributed by atoms with van der Waals surface area (Å²) in [6, 6.07) is 17.0. The Hall–Kier alpha value is -2.89. The number of nitrogens with zero attached hydrogens (tertiary/aromatic N) is 4. The van der Waals surface area contributed by atoms with E-state index in [1.54, 1.807) is 4.90 Å². The second-order valence-corrected chi connectivity index (χ2v) is 5.42. The van der Waals surface area contributed by atoms with E-state index in [2.05, 4.69) is 10.3 Å². The molecule has 3 aromatic rings. The van der Waals surface area contributed by atoms with Crippen molar-refractivity contribution in [2.45, 2.75) is 19.9 Å². The molecule has 0 saturated heterocycles. The molecule has 0 aliphatic heterocycles. The van der Waals surface area contributed by atoms with Crippen LogP contribution in [-0.4, -0.2) is 33.7 Å². The SMILES string of the molecule is CC(C)N(C(=O)COn1nnc2ccccc21)c1ccccc1. The average Bonchev–Trinajstić information content (AvgIpc) is 2.97. The zero-order chi connectivity index (χ0) is 16.2. The van der Waals surface area contributed by atoms with Gasteiger partial charge in [0.15, 0.2) is 6.61 Å². The Morgan fingerprint density at radius 1 is 1.13 bits per heavy atom. The summed E-state index contributed by atoms with van der Waals surface area (Å²) in [5, 5.41) is 7.92. The van der Waals surface area contributed by atoms with Crippen molar-refractivity contribution < 1.29 is 9.63 Å². The molecule has 1 amide bonds. The first-order chi connectivity index (χ1) is 11.2. The maximum absolute atomic E-state index is 12.6. The van der Waals surface area contributed by atoms with Crippen molar-refractivity contribution >= 4 is 22.6 Å². The van der Waals surface area contributed by atoms with Crippen LogP contribution in [0.3, 0.4) is 0 Å². The number of benzene rings is 2. The first-order valence-electron chi connectivity index (χ1n) is 7.47. The highest BCUT2D eigenvalue weighted by molar-refractivity contribution is 5.94. The molecular formula is C17H18N4O2. The molecule has 2 aromatic carbocycles. The molecule has 6 heteroatoms. The van der Waals surface area contributed by atoms with E-state index in [4.69, 9.17) is 4.84 Å². The molecule has 0 bridgehead atoms. The van der Waals surface area contributed by atoms with Gasteiger partial charge >= 0.3 is 0 Å². The normalized spacial score (nSPS) is 10.9. The first kappa shape index (κ1) is 15.0. The van der Waals surface area contributed by atoms with Gasteiger partial charge in [0, 0.05) is 11.7 Å². The third-order valence-electron chi connectivity index (χ3n) is 3.45. The van der Waals surface area contributed by atoms with E-state index in [0.29, 0.717) is 0 Å². The van der Waals surface area contributed by atoms with Gasteiger partial charge in [-0.2, -0.15) is 0 Å². The monoisotopic (exact) mass is 310 g/mol. The number of hydrogen-bond acceptors (Lipinski definition) is 4. The predicted octanol–water partition coefficient (Wildman–Crippen LogP) is 2.30. The van der Waals surface area contributed by atoms with Crippen LogP contribution in [-0.2, 0) is 4.79 Å². The second-order valence-electron chi connectivity index (χ2n) is 5.42. The summed E-state index contributed by atoms with van der Waals surface area (Å²) >= 11 is 0. The van der Waals surface area contributed by atoms with Crippen molar-refractivity contribution in [2.75, 3.05) is 11.5 Å². The lowest BCUT2D eigenvalue weighted by atomic mass is 10.2. The Morgan fingerprint density at radius 2 is 1.83 bits per heavy atom. The van der Waals surface area contributed by atoms with Gasteiger partial charge in [0.1, 0.15) is 11.0 Å². The van der Waals surface area contributed by atoms with Gasteiger partial charge in [-0.3, -0.25) is 4.79 Å². The lowest BCUT2D eigenvalue weighted by Gasteiger charge is -2.26. The topological polar surface area (TPSA) is 60.2 Å². The standard InChI is InChI=1S/C17H18N4O2/c1-13(2)20(14-8-4-3-5-9-14)17(22)12-23-21-16-11-7-6-10-15(16)18-19-21/h3-11,13H,12H2,1-2H3. The number of amides is 1. The van der Waals surface area contributed by atoms with E-state index in [9.17, 15) is 4.79 Å². The molecule has 0 aliphatic carbocycles. The van der Waals surface area contributed by atoms with E-state index in [-0.39, 0.29) is 18.6 Å². The smallest absolute Gasteiger partial charge is 0.267 e. The van der Waals surface area contributed by atoms with E-state index in [1.165, 1.54) is 4.85 Å². The van der Waals surface area contributed by atoms with E-state index < -0.39 is 0 Å². The Morgan fingerprint density at radius 3 is 2.57 bits per heavy atom. The van der Waals surface area contributed by atoms with Crippen LogP contribution >= 0.6 is 0 Å². The Labute approximate surface area is 134 Å². The summed E-state index contributed by atoms with van der Waals surface area (Å²) in [5.74, 6) is -0.134. The molecule has 3 rings (SSSR count). The summed E-state index contributed by atoms with van der Waals surface area (Å²) in [6.45, 7) is 3.83. The molecule has 0 saturated carbocycles. The third-order valence-corrected chi connectivity index (χ3v) is 3.45. The van der Waals surface area contributed by atoms with Gasteiger partial charge in [-0.25, -0.2) is 0 Å². The lowest BCUT2D eigenvalue weighted by Crippen LogP contribution is -2.41. The van der Waals surface area contributed by atoms with Crippen molar-refractivity contribution in [3.8, 4) is 0 Å². The number of hydrogen-bond donors (Lipinski definition) is 0. The van der Waals surface area contributed by atoms with Gasteiger partial charge in [0.2, 0.25) is 0 Å². The van der Waals surface area contributed by atoms with E-state index >= 15 is 0 Å². The molecule has 118 valence electrons. The van der Waals surface area contributed by atoms with Gasteiger partial charge in [-0.15, -0.1) is 5.10 Å². The number of rotatable bonds is 5. The molecule has 1 heterocycles. The summed E-state index contributed by atoms with van der Waals surface area (Å²) in [7, 11) is 0. The maximum Gasteiger partial charge on any atom is 0.267 e. The van der Waals surface area contributed by atoms with Crippen molar-refractivity contribution in [3.05, 3.63) is 54.6 Å². The minimum absolute atomic E-state index is 0.0287. The van der Waals surface area contributed by atoms with Crippen molar-refractivity contribution in [1.29, 1.82) is 0 Å². The molecule has 0 spiro atoms. The fraction of sp³-hybridized carbons (Fsp3) is 0.235. The molecule has 23 heavy (non-hydrogen) atoms. The zero-order valence-corrected chi connectivity index (χ0v) is 13.1. The molecule has 0 aliphatic rings. The highest BCUT2D eigenvalue weighted by atomic mass is 16.7. The van der Waals surface area contributed by atoms with Gasteiger partial charge < -0.3 is 9.74 Å². The number of para-hydroxylation sites is 2. The number of fused-ring (bicyclic) bond motifs is 1. The largest absolute Gasteiger partial charge is 0.385 e. The van der Waals surface area contributed by atoms with E-state index in [0.717, 1.165) is 16.7 Å². The van der Waals surface area contributed by atoms with Crippen LogP contribution in [0.15, 0.2) is 54.6 Å². The van der Waals surface area contributed by atoms with Crippen LogP contribution < -0.4 is 9.74 Å². The van der Waals surface area contributed by atoms with Crippen LogP contribution in [0.5, 0.6) is 0 Å². The van der Waals surface area contributed by atoms with Crippen LogP contribution in [0.2, 0.25) is 0 Å². The Kier molecular flexibility index (Phi) is 4.23. The fourth-order valence-electron chi connectivity index (χ4n) is 2.45. The van der Waals surface area contributed by atoms with Crippen LogP contribution in [0, 0.1) is 0 Å². The number of anilines is 1. The molecule has 0 fully saturated rings. The number of aromatic nitrogens is 3. The molecule has 0 N–H and O–H groups in total. The molecule has 0 radical (unpaired) electrons. The molecule has 6 nitrogen and oxygen atoms in total. The summed E-state index contributed by atoms with van der Waals surface area (Å²) in [4.78, 5) is 21.1. The van der Waals surface area contributed by atoms with Crippen LogP contribution in [0.1, 0.15) is 13.8 Å². The average molecular weight is 310 g/mol. The lowest BCUT2D eigenvalue weighted by molar-refractivity contribution is -0.124. The molecule has 1 aromatic heterocycles. The summed E-state index contributed by atoms with van der Waals surface area (Å²) in [6.07, 6.45) is 0. The minimum Gasteiger partial charge on any atom is -0.385 e. The van der Waals surface area contributed by atoms with Crippen molar-refractivity contribution in [3.63, 3.8) is 0 Å². The van der Waals surface area contributed by atoms with Crippen molar-refractivity contribution in [1.82, 2.24) is 15.2 Å². The summed E-state index contributed by atoms with van der Waals surface area (Å²) in [5.41, 5.74) is 2.30. The van der Waals surface area contributed by atoms with Crippen molar-refractivity contribution in [2.24, 2.45) is 0 Å². The molecular weight excluding hydrogens is 292 g/mol. The second kappa shape index (κ2) is 6.48. The molecule has 0 unspecified atom stereocenters. The Balaban J connectivity index is 1.75. The predicted molar refractivity (Wildman–Crippen MR) is 88.0 cm³/mol. The zero-order valence-electron chi connectivity index (χ0n) is 13.1.